The molecule has 0 saturated carbocycles. The second-order valence-electron chi connectivity index (χ2n) is 1.80. The van der Waals surface area contributed by atoms with Crippen molar-refractivity contribution in [2.75, 3.05) is 0 Å². The summed E-state index contributed by atoms with van der Waals surface area (Å²) in [7, 11) is 0. The van der Waals surface area contributed by atoms with Crippen molar-refractivity contribution in [1.29, 1.82) is 0 Å². The van der Waals surface area contributed by atoms with Crippen LogP contribution in [0.25, 0.3) is 0 Å². The molecule has 0 aliphatic heterocycles. The second-order valence-corrected chi connectivity index (χ2v) is 1.80. The lowest BCUT2D eigenvalue weighted by Gasteiger charge is -2.09. The summed E-state index contributed by atoms with van der Waals surface area (Å²) in [4.78, 5) is 10.1. The van der Waals surface area contributed by atoms with Crippen LogP contribution in [0.5, 0.6) is 0 Å². The molecule has 3 heteroatoms. The molecule has 3 nitrogen and oxygen atoms in total. The van der Waals surface area contributed by atoms with Gasteiger partial charge in [0, 0.05) is 0 Å². The highest BCUT2D eigenvalue weighted by molar-refractivity contribution is 5.78. The number of aliphatic hydroxyl groups is 1. The summed E-state index contributed by atoms with van der Waals surface area (Å²) < 4.78 is 0. The highest BCUT2D eigenvalue weighted by Crippen LogP contribution is 2.02. The minimum atomic E-state index is -1.83. The lowest BCUT2D eigenvalue weighted by atomic mass is 10.1. The Balaban J connectivity index is 4.37. The first-order valence-electron chi connectivity index (χ1n) is 2.33. The molecule has 0 radical (unpaired) electrons. The highest BCUT2D eigenvalue weighted by Gasteiger charge is 2.25. The molecule has 1 atom stereocenters. The SMILES string of the molecule is C=C=CC(C)(O)C(=O)O. The van der Waals surface area contributed by atoms with Gasteiger partial charge in [0.2, 0.25) is 0 Å². The van der Waals surface area contributed by atoms with Gasteiger partial charge in [0.25, 0.3) is 0 Å². The van der Waals surface area contributed by atoms with Crippen LogP contribution in [0, 0.1) is 0 Å². The van der Waals surface area contributed by atoms with E-state index in [1.807, 2.05) is 0 Å². The van der Waals surface area contributed by atoms with Gasteiger partial charge in [0.1, 0.15) is 0 Å². The van der Waals surface area contributed by atoms with Crippen molar-refractivity contribution in [3.05, 3.63) is 18.4 Å². The van der Waals surface area contributed by atoms with Crippen LogP contribution in [0.1, 0.15) is 6.92 Å². The Bertz CT molecular complexity index is 159. The van der Waals surface area contributed by atoms with Gasteiger partial charge in [-0.1, -0.05) is 6.58 Å². The molecule has 0 spiro atoms. The van der Waals surface area contributed by atoms with E-state index in [9.17, 15) is 4.79 Å². The van der Waals surface area contributed by atoms with Crippen LogP contribution in [-0.2, 0) is 4.79 Å². The minimum absolute atomic E-state index is 0.981. The van der Waals surface area contributed by atoms with Gasteiger partial charge in [-0.05, 0) is 13.0 Å². The van der Waals surface area contributed by atoms with Gasteiger partial charge in [-0.25, -0.2) is 4.79 Å². The largest absolute Gasteiger partial charge is 0.479 e. The van der Waals surface area contributed by atoms with Crippen molar-refractivity contribution in [1.82, 2.24) is 0 Å². The molecule has 0 fully saturated rings. The van der Waals surface area contributed by atoms with Crippen molar-refractivity contribution in [3.8, 4) is 0 Å². The standard InChI is InChI=1S/C6H8O3/c1-3-4-6(2,9)5(7)8/h4,9H,1H2,2H3,(H,7,8). The van der Waals surface area contributed by atoms with Crippen LogP contribution in [0.4, 0.5) is 0 Å². The van der Waals surface area contributed by atoms with E-state index in [1.54, 1.807) is 0 Å². The third-order valence-electron chi connectivity index (χ3n) is 0.816. The molecule has 0 aromatic rings. The Morgan fingerprint density at radius 3 is 2.44 bits per heavy atom. The smallest absolute Gasteiger partial charge is 0.340 e. The average Bonchev–Trinajstić information content (AvgIpc) is 1.65. The van der Waals surface area contributed by atoms with E-state index in [0.717, 1.165) is 13.0 Å². The average molecular weight is 128 g/mol. The Kier molecular flexibility index (Phi) is 2.20. The van der Waals surface area contributed by atoms with E-state index in [2.05, 4.69) is 12.3 Å². The van der Waals surface area contributed by atoms with Gasteiger partial charge in [0.15, 0.2) is 5.60 Å². The molecule has 0 saturated heterocycles. The number of hydrogen-bond acceptors (Lipinski definition) is 2. The summed E-state index contributed by atoms with van der Waals surface area (Å²) in [6.45, 7) is 4.27. The molecule has 9 heavy (non-hydrogen) atoms. The maximum Gasteiger partial charge on any atom is 0.340 e. The fraction of sp³-hybridized carbons (Fsp3) is 0.333. The molecule has 0 rings (SSSR count). The van der Waals surface area contributed by atoms with E-state index in [1.165, 1.54) is 0 Å². The minimum Gasteiger partial charge on any atom is -0.479 e. The Labute approximate surface area is 52.9 Å². The van der Waals surface area contributed by atoms with Crippen LogP contribution in [0.15, 0.2) is 18.4 Å². The molecule has 0 aromatic heterocycles. The summed E-state index contributed by atoms with van der Waals surface area (Å²) in [5.74, 6) is -1.31. The van der Waals surface area contributed by atoms with E-state index in [0.29, 0.717) is 0 Å². The number of carboxylic acids is 1. The molecule has 50 valence electrons. The van der Waals surface area contributed by atoms with Crippen molar-refractivity contribution < 1.29 is 15.0 Å². The zero-order chi connectivity index (χ0) is 7.49. The summed E-state index contributed by atoms with van der Waals surface area (Å²) in [5.41, 5.74) is 0.352. The van der Waals surface area contributed by atoms with Gasteiger partial charge in [0.05, 0.1) is 0 Å². The topological polar surface area (TPSA) is 57.5 Å². The molecule has 0 aliphatic rings. The van der Waals surface area contributed by atoms with Gasteiger partial charge < -0.3 is 10.2 Å². The Morgan fingerprint density at radius 1 is 1.89 bits per heavy atom. The normalized spacial score (nSPS) is 15.3. The predicted molar refractivity (Wildman–Crippen MR) is 32.0 cm³/mol. The zero-order valence-corrected chi connectivity index (χ0v) is 5.09. The molecular formula is C6H8O3. The molecular weight excluding hydrogens is 120 g/mol. The number of carboxylic acid groups (broad SMARTS) is 1. The number of aliphatic carboxylic acids is 1. The maximum atomic E-state index is 10.1. The summed E-state index contributed by atoms with van der Waals surface area (Å²) in [5, 5.41) is 17.1. The third-order valence-corrected chi connectivity index (χ3v) is 0.816. The van der Waals surface area contributed by atoms with Crippen LogP contribution >= 0.6 is 0 Å². The van der Waals surface area contributed by atoms with Crippen molar-refractivity contribution in [3.63, 3.8) is 0 Å². The summed E-state index contributed by atoms with van der Waals surface area (Å²) in [6.07, 6.45) is 0.981. The molecule has 0 bridgehead atoms. The molecule has 0 heterocycles. The van der Waals surface area contributed by atoms with Gasteiger partial charge in [-0.2, -0.15) is 0 Å². The van der Waals surface area contributed by atoms with Gasteiger partial charge >= 0.3 is 5.97 Å². The lowest BCUT2D eigenvalue weighted by Crippen LogP contribution is -2.31. The highest BCUT2D eigenvalue weighted by atomic mass is 16.4. The summed E-state index contributed by atoms with van der Waals surface area (Å²) in [6, 6.07) is 0. The fourth-order valence-electron chi connectivity index (χ4n) is 0.260. The number of hydrogen-bond donors (Lipinski definition) is 2. The quantitative estimate of drug-likeness (QED) is 0.521. The van der Waals surface area contributed by atoms with E-state index in [4.69, 9.17) is 10.2 Å². The van der Waals surface area contributed by atoms with Crippen molar-refractivity contribution in [2.45, 2.75) is 12.5 Å². The van der Waals surface area contributed by atoms with Crippen LogP contribution in [0.3, 0.4) is 0 Å². The van der Waals surface area contributed by atoms with E-state index >= 15 is 0 Å². The van der Waals surface area contributed by atoms with Crippen LogP contribution < -0.4 is 0 Å². The number of rotatable bonds is 2. The summed E-state index contributed by atoms with van der Waals surface area (Å²) >= 11 is 0. The van der Waals surface area contributed by atoms with E-state index in [-0.39, 0.29) is 0 Å². The van der Waals surface area contributed by atoms with Crippen molar-refractivity contribution in [2.24, 2.45) is 0 Å². The first-order valence-corrected chi connectivity index (χ1v) is 2.33. The number of carbonyl (C=O) groups is 1. The second kappa shape index (κ2) is 2.49. The van der Waals surface area contributed by atoms with Crippen LogP contribution in [0.2, 0.25) is 0 Å². The molecule has 0 aromatic carbocycles. The first-order chi connectivity index (χ1) is 4.00. The van der Waals surface area contributed by atoms with E-state index < -0.39 is 11.6 Å². The molecule has 1 unspecified atom stereocenters. The van der Waals surface area contributed by atoms with Gasteiger partial charge in [-0.15, -0.1) is 5.73 Å². The lowest BCUT2D eigenvalue weighted by molar-refractivity contribution is -0.151. The fourth-order valence-corrected chi connectivity index (χ4v) is 0.260. The zero-order valence-electron chi connectivity index (χ0n) is 5.09. The monoisotopic (exact) mass is 128 g/mol. The molecule has 0 aliphatic carbocycles. The van der Waals surface area contributed by atoms with Crippen molar-refractivity contribution >= 4 is 5.97 Å². The molecule has 2 N–H and O–H groups in total. The Morgan fingerprint density at radius 2 is 2.33 bits per heavy atom. The Hall–Kier alpha value is -1.05. The predicted octanol–water partition coefficient (Wildman–Crippen LogP) is 0.163. The molecule has 0 amide bonds. The first kappa shape index (κ1) is 7.95. The third kappa shape index (κ3) is 2.13. The maximum absolute atomic E-state index is 10.1. The van der Waals surface area contributed by atoms with Crippen LogP contribution in [-0.4, -0.2) is 21.8 Å². The van der Waals surface area contributed by atoms with Gasteiger partial charge in [-0.3, -0.25) is 0 Å².